The molecule has 3 atom stereocenters. The molecule has 2 heterocycles. The fourth-order valence-electron chi connectivity index (χ4n) is 3.78. The topological polar surface area (TPSA) is 98.5 Å². The SMILES string of the molecule is CC(C)CC(C(=O)NC1(C)C(=O)COC1C)c1cc(-c2cccs2)ccc1C(N)=O. The van der Waals surface area contributed by atoms with Crippen LogP contribution in [0.15, 0.2) is 35.7 Å². The van der Waals surface area contributed by atoms with E-state index in [1.165, 1.54) is 0 Å². The third kappa shape index (κ3) is 4.32. The molecule has 1 fully saturated rings. The molecule has 1 aromatic heterocycles. The van der Waals surface area contributed by atoms with Crippen LogP contribution in [0, 0.1) is 5.92 Å². The molecule has 30 heavy (non-hydrogen) atoms. The van der Waals surface area contributed by atoms with Gasteiger partial charge in [-0.2, -0.15) is 0 Å². The quantitative estimate of drug-likeness (QED) is 0.705. The minimum atomic E-state index is -1.09. The fraction of sp³-hybridized carbons (Fsp3) is 0.435. The number of carbonyl (C=O) groups is 3. The molecule has 0 saturated carbocycles. The van der Waals surface area contributed by atoms with Crippen molar-refractivity contribution in [3.8, 4) is 10.4 Å². The number of benzene rings is 1. The molecule has 2 aromatic rings. The van der Waals surface area contributed by atoms with Crippen molar-refractivity contribution in [3.05, 3.63) is 46.8 Å². The average Bonchev–Trinajstić information content (AvgIpc) is 3.31. The van der Waals surface area contributed by atoms with E-state index in [0.29, 0.717) is 17.5 Å². The number of nitrogens with one attached hydrogen (secondary N) is 1. The number of hydrogen-bond donors (Lipinski definition) is 2. The molecule has 0 radical (unpaired) electrons. The van der Waals surface area contributed by atoms with Gasteiger partial charge in [-0.25, -0.2) is 0 Å². The van der Waals surface area contributed by atoms with E-state index in [2.05, 4.69) is 5.32 Å². The first-order valence-corrected chi connectivity index (χ1v) is 11.0. The number of thiophene rings is 1. The molecule has 0 aliphatic carbocycles. The van der Waals surface area contributed by atoms with Gasteiger partial charge >= 0.3 is 0 Å². The van der Waals surface area contributed by atoms with Gasteiger partial charge in [-0.05, 0) is 60.9 Å². The molecule has 160 valence electrons. The minimum absolute atomic E-state index is 0.0206. The van der Waals surface area contributed by atoms with Crippen LogP contribution in [0.3, 0.4) is 0 Å². The number of carbonyl (C=O) groups excluding carboxylic acids is 3. The van der Waals surface area contributed by atoms with E-state index >= 15 is 0 Å². The molecule has 6 nitrogen and oxygen atoms in total. The lowest BCUT2D eigenvalue weighted by atomic mass is 9.84. The predicted molar refractivity (Wildman–Crippen MR) is 117 cm³/mol. The zero-order valence-corrected chi connectivity index (χ0v) is 18.5. The predicted octanol–water partition coefficient (Wildman–Crippen LogP) is 3.51. The zero-order chi connectivity index (χ0) is 22.1. The third-order valence-electron chi connectivity index (χ3n) is 5.76. The molecule has 0 bridgehead atoms. The first-order chi connectivity index (χ1) is 14.1. The fourth-order valence-corrected chi connectivity index (χ4v) is 4.50. The Morgan fingerprint density at radius 1 is 1.33 bits per heavy atom. The highest BCUT2D eigenvalue weighted by atomic mass is 32.1. The number of Topliss-reactive ketones (excluding diaryl/α,β-unsaturated/α-hetero) is 1. The Morgan fingerprint density at radius 3 is 2.60 bits per heavy atom. The summed E-state index contributed by atoms with van der Waals surface area (Å²) in [4.78, 5) is 39.0. The van der Waals surface area contributed by atoms with Crippen LogP contribution in [0.5, 0.6) is 0 Å². The number of amides is 2. The largest absolute Gasteiger partial charge is 0.368 e. The van der Waals surface area contributed by atoms with E-state index in [1.807, 2.05) is 43.5 Å². The average molecular weight is 429 g/mol. The summed E-state index contributed by atoms with van der Waals surface area (Å²) in [7, 11) is 0. The Hall–Kier alpha value is -2.51. The van der Waals surface area contributed by atoms with E-state index in [-0.39, 0.29) is 24.2 Å². The van der Waals surface area contributed by atoms with Crippen LogP contribution in [0.1, 0.15) is 56.0 Å². The highest BCUT2D eigenvalue weighted by Crippen LogP contribution is 2.34. The van der Waals surface area contributed by atoms with E-state index in [9.17, 15) is 14.4 Å². The maximum atomic E-state index is 13.4. The zero-order valence-electron chi connectivity index (χ0n) is 17.7. The molecule has 1 aliphatic heterocycles. The van der Waals surface area contributed by atoms with Crippen LogP contribution in [-0.2, 0) is 14.3 Å². The summed E-state index contributed by atoms with van der Waals surface area (Å²) in [5.41, 5.74) is 6.38. The summed E-state index contributed by atoms with van der Waals surface area (Å²) in [5.74, 6) is -1.47. The smallest absolute Gasteiger partial charge is 0.249 e. The lowest BCUT2D eigenvalue weighted by molar-refractivity contribution is -0.130. The van der Waals surface area contributed by atoms with E-state index in [1.54, 1.807) is 31.3 Å². The van der Waals surface area contributed by atoms with Gasteiger partial charge in [0.05, 0.1) is 12.0 Å². The number of ketones is 1. The highest BCUT2D eigenvalue weighted by Gasteiger charge is 2.47. The van der Waals surface area contributed by atoms with Crippen LogP contribution >= 0.6 is 11.3 Å². The Labute approximate surface area is 180 Å². The molecule has 1 aromatic carbocycles. The number of nitrogens with two attached hydrogens (primary N) is 1. The van der Waals surface area contributed by atoms with Gasteiger partial charge in [-0.15, -0.1) is 11.3 Å². The maximum Gasteiger partial charge on any atom is 0.249 e. The van der Waals surface area contributed by atoms with Crippen molar-refractivity contribution in [1.82, 2.24) is 5.32 Å². The first-order valence-electron chi connectivity index (χ1n) is 10.1. The number of primary amides is 1. The highest BCUT2D eigenvalue weighted by molar-refractivity contribution is 7.13. The van der Waals surface area contributed by atoms with Gasteiger partial charge in [0, 0.05) is 10.4 Å². The molecule has 1 aliphatic rings. The van der Waals surface area contributed by atoms with Crippen molar-refractivity contribution in [1.29, 1.82) is 0 Å². The maximum absolute atomic E-state index is 13.4. The first kappa shape index (κ1) is 22.2. The van der Waals surface area contributed by atoms with Crippen LogP contribution in [0.2, 0.25) is 0 Å². The molecular weight excluding hydrogens is 400 g/mol. The Morgan fingerprint density at radius 2 is 2.07 bits per heavy atom. The van der Waals surface area contributed by atoms with Gasteiger partial charge in [0.15, 0.2) is 5.78 Å². The third-order valence-corrected chi connectivity index (χ3v) is 6.68. The van der Waals surface area contributed by atoms with Gasteiger partial charge in [-0.1, -0.05) is 26.0 Å². The van der Waals surface area contributed by atoms with Crippen LogP contribution in [0.25, 0.3) is 10.4 Å². The number of rotatable bonds is 7. The molecule has 0 spiro atoms. The molecule has 7 heteroatoms. The summed E-state index contributed by atoms with van der Waals surface area (Å²) < 4.78 is 5.44. The molecule has 3 rings (SSSR count). The van der Waals surface area contributed by atoms with Crippen LogP contribution < -0.4 is 11.1 Å². The summed E-state index contributed by atoms with van der Waals surface area (Å²) in [5, 5.41) is 4.89. The summed E-state index contributed by atoms with van der Waals surface area (Å²) in [6.45, 7) is 7.47. The van der Waals surface area contributed by atoms with E-state index in [4.69, 9.17) is 10.5 Å². The summed E-state index contributed by atoms with van der Waals surface area (Å²) >= 11 is 1.58. The van der Waals surface area contributed by atoms with Crippen molar-refractivity contribution in [2.24, 2.45) is 11.7 Å². The second-order valence-electron chi connectivity index (χ2n) is 8.39. The Balaban J connectivity index is 2.04. The van der Waals surface area contributed by atoms with Crippen molar-refractivity contribution >= 4 is 28.9 Å². The molecule has 3 N–H and O–H groups in total. The monoisotopic (exact) mass is 428 g/mol. The van der Waals surface area contributed by atoms with Gasteiger partial charge in [0.25, 0.3) is 0 Å². The summed E-state index contributed by atoms with van der Waals surface area (Å²) in [6.07, 6.45) is 0.0844. The van der Waals surface area contributed by atoms with E-state index < -0.39 is 23.5 Å². The van der Waals surface area contributed by atoms with Crippen LogP contribution in [0.4, 0.5) is 0 Å². The second-order valence-corrected chi connectivity index (χ2v) is 9.34. The lowest BCUT2D eigenvalue weighted by Crippen LogP contribution is -2.56. The second kappa shape index (κ2) is 8.70. The molecular formula is C23H28N2O4S. The van der Waals surface area contributed by atoms with Crippen molar-refractivity contribution in [2.45, 2.75) is 51.7 Å². The van der Waals surface area contributed by atoms with Gasteiger partial charge in [0.2, 0.25) is 11.8 Å². The Bertz CT molecular complexity index is 954. The Kier molecular flexibility index (Phi) is 6.43. The number of hydrogen-bond acceptors (Lipinski definition) is 5. The molecule has 1 saturated heterocycles. The van der Waals surface area contributed by atoms with E-state index in [0.717, 1.165) is 10.4 Å². The van der Waals surface area contributed by atoms with Gasteiger partial charge in [0.1, 0.15) is 12.1 Å². The van der Waals surface area contributed by atoms with Gasteiger partial charge < -0.3 is 15.8 Å². The van der Waals surface area contributed by atoms with Crippen molar-refractivity contribution in [2.75, 3.05) is 6.61 Å². The summed E-state index contributed by atoms with van der Waals surface area (Å²) in [6, 6.07) is 9.34. The lowest BCUT2D eigenvalue weighted by Gasteiger charge is -2.30. The number of ether oxygens (including phenoxy) is 1. The normalized spacial score (nSPS) is 22.3. The van der Waals surface area contributed by atoms with Crippen molar-refractivity contribution in [3.63, 3.8) is 0 Å². The van der Waals surface area contributed by atoms with Crippen LogP contribution in [-0.4, -0.2) is 35.8 Å². The minimum Gasteiger partial charge on any atom is -0.368 e. The molecule has 2 amide bonds. The molecule has 3 unspecified atom stereocenters. The van der Waals surface area contributed by atoms with Crippen molar-refractivity contribution < 1.29 is 19.1 Å². The van der Waals surface area contributed by atoms with Gasteiger partial charge in [-0.3, -0.25) is 14.4 Å². The standard InChI is InChI=1S/C23H28N2O4S/c1-13(2)10-18(22(28)25-23(4)14(3)29-12-20(23)26)17-11-15(19-6-5-9-30-19)7-8-16(17)21(24)27/h5-9,11,13-14,18H,10,12H2,1-4H3,(H2,24,27)(H,25,28).